The molecule has 25 heavy (non-hydrogen) atoms. The number of amides is 1. The number of nitrogens with one attached hydrogen (secondary N) is 1. The third kappa shape index (κ3) is 6.76. The van der Waals surface area contributed by atoms with E-state index in [0.29, 0.717) is 25.6 Å². The molecule has 1 heterocycles. The number of rotatable bonds is 10. The van der Waals surface area contributed by atoms with Crippen LogP contribution in [-0.4, -0.2) is 36.5 Å². The van der Waals surface area contributed by atoms with Crippen molar-refractivity contribution in [2.75, 3.05) is 20.3 Å². The molecule has 0 fully saturated rings. The van der Waals surface area contributed by atoms with E-state index in [1.165, 1.54) is 5.56 Å². The lowest BCUT2D eigenvalue weighted by Crippen LogP contribution is -2.30. The van der Waals surface area contributed by atoms with Crippen LogP contribution in [0.3, 0.4) is 0 Å². The predicted molar refractivity (Wildman–Crippen MR) is 101 cm³/mol. The number of nitrogens with zero attached hydrogens (tertiary/aromatic N) is 1. The van der Waals surface area contributed by atoms with Crippen molar-refractivity contribution in [3.8, 4) is 5.88 Å². The minimum Gasteiger partial charge on any atom is -0.475 e. The Morgan fingerprint density at radius 2 is 2.00 bits per heavy atom. The minimum atomic E-state index is -0.130. The summed E-state index contributed by atoms with van der Waals surface area (Å²) in [6.45, 7) is 3.24. The Bertz CT molecular complexity index is 652. The number of methoxy groups -OCH3 is 1. The molecule has 0 aliphatic rings. The van der Waals surface area contributed by atoms with E-state index in [-0.39, 0.29) is 11.2 Å². The maximum atomic E-state index is 12.3. The average Bonchev–Trinajstić information content (AvgIpc) is 2.66. The summed E-state index contributed by atoms with van der Waals surface area (Å²) in [4.78, 5) is 16.5. The number of benzene rings is 1. The van der Waals surface area contributed by atoms with Gasteiger partial charge in [0.2, 0.25) is 11.8 Å². The van der Waals surface area contributed by atoms with Gasteiger partial charge < -0.3 is 14.8 Å². The second-order valence-corrected chi connectivity index (χ2v) is 6.79. The highest BCUT2D eigenvalue weighted by Gasteiger charge is 2.14. The molecule has 134 valence electrons. The first kappa shape index (κ1) is 19.3. The first-order valence-electron chi connectivity index (χ1n) is 8.19. The minimum absolute atomic E-state index is 0.00706. The highest BCUT2D eigenvalue weighted by molar-refractivity contribution is 7.99. The fourth-order valence-electron chi connectivity index (χ4n) is 2.11. The van der Waals surface area contributed by atoms with E-state index in [2.05, 4.69) is 22.4 Å². The fraction of sp³-hybridized carbons (Fsp3) is 0.368. The van der Waals surface area contributed by atoms with Crippen molar-refractivity contribution < 1.29 is 14.3 Å². The Hall–Kier alpha value is -2.05. The molecule has 1 unspecified atom stereocenters. The maximum Gasteiger partial charge on any atom is 0.233 e. The third-order valence-electron chi connectivity index (χ3n) is 3.54. The number of aromatic nitrogens is 1. The molecule has 6 heteroatoms. The molecule has 0 aliphatic carbocycles. The molecule has 1 amide bonds. The van der Waals surface area contributed by atoms with Crippen LogP contribution >= 0.6 is 11.8 Å². The zero-order chi connectivity index (χ0) is 17.9. The van der Waals surface area contributed by atoms with Crippen molar-refractivity contribution in [3.63, 3.8) is 0 Å². The van der Waals surface area contributed by atoms with Crippen LogP contribution in [-0.2, 0) is 21.8 Å². The first-order valence-corrected chi connectivity index (χ1v) is 9.24. The van der Waals surface area contributed by atoms with Gasteiger partial charge in [-0.2, -0.15) is 0 Å². The molecule has 0 saturated carbocycles. The molecule has 5 nitrogen and oxygen atoms in total. The zero-order valence-corrected chi connectivity index (χ0v) is 15.4. The van der Waals surface area contributed by atoms with Crippen LogP contribution in [0.4, 0.5) is 0 Å². The summed E-state index contributed by atoms with van der Waals surface area (Å²) in [6.07, 6.45) is 1.67. The van der Waals surface area contributed by atoms with Gasteiger partial charge >= 0.3 is 0 Å². The summed E-state index contributed by atoms with van der Waals surface area (Å²) in [6, 6.07) is 13.9. The number of ether oxygens (including phenoxy) is 2. The van der Waals surface area contributed by atoms with E-state index >= 15 is 0 Å². The van der Waals surface area contributed by atoms with E-state index in [0.717, 1.165) is 11.3 Å². The topological polar surface area (TPSA) is 60.5 Å². The molecular formula is C19H24N2O3S. The molecule has 0 spiro atoms. The largest absolute Gasteiger partial charge is 0.475 e. The molecule has 0 aliphatic heterocycles. The van der Waals surface area contributed by atoms with Crippen LogP contribution in [0.2, 0.25) is 0 Å². The van der Waals surface area contributed by atoms with Gasteiger partial charge in [-0.3, -0.25) is 4.79 Å². The number of pyridine rings is 1. The summed E-state index contributed by atoms with van der Waals surface area (Å²) in [5.74, 6) is 1.35. The highest BCUT2D eigenvalue weighted by Crippen LogP contribution is 2.18. The van der Waals surface area contributed by atoms with Crippen LogP contribution in [0.5, 0.6) is 5.88 Å². The van der Waals surface area contributed by atoms with Gasteiger partial charge in [0.15, 0.2) is 0 Å². The monoisotopic (exact) mass is 360 g/mol. The van der Waals surface area contributed by atoms with Crippen molar-refractivity contribution in [1.29, 1.82) is 0 Å². The van der Waals surface area contributed by atoms with Crippen molar-refractivity contribution in [2.24, 2.45) is 0 Å². The van der Waals surface area contributed by atoms with E-state index in [9.17, 15) is 4.79 Å². The number of thioether (sulfide) groups is 1. The first-order chi connectivity index (χ1) is 12.2. The van der Waals surface area contributed by atoms with Crippen LogP contribution in [0.1, 0.15) is 18.1 Å². The van der Waals surface area contributed by atoms with Crippen LogP contribution in [0.25, 0.3) is 0 Å². The zero-order valence-electron chi connectivity index (χ0n) is 14.6. The summed E-state index contributed by atoms with van der Waals surface area (Å²) < 4.78 is 10.6. The van der Waals surface area contributed by atoms with Gasteiger partial charge in [0, 0.05) is 31.2 Å². The molecule has 0 saturated heterocycles. The Balaban J connectivity index is 1.80. The second-order valence-electron chi connectivity index (χ2n) is 5.47. The lowest BCUT2D eigenvalue weighted by molar-refractivity contribution is -0.120. The van der Waals surface area contributed by atoms with Gasteiger partial charge in [-0.05, 0) is 18.6 Å². The van der Waals surface area contributed by atoms with E-state index < -0.39 is 0 Å². The molecule has 2 aromatic rings. The van der Waals surface area contributed by atoms with Crippen molar-refractivity contribution in [3.05, 3.63) is 59.8 Å². The van der Waals surface area contributed by atoms with Gasteiger partial charge in [-0.15, -0.1) is 11.8 Å². The van der Waals surface area contributed by atoms with Crippen LogP contribution < -0.4 is 10.1 Å². The van der Waals surface area contributed by atoms with Crippen LogP contribution in [0, 0.1) is 0 Å². The highest BCUT2D eigenvalue weighted by atomic mass is 32.2. The van der Waals surface area contributed by atoms with Gasteiger partial charge in [0.25, 0.3) is 0 Å². The molecular weight excluding hydrogens is 336 g/mol. The third-order valence-corrected chi connectivity index (χ3v) is 4.76. The SMILES string of the molecule is COCCOc1ncccc1CNC(=O)C(C)SCc1ccccc1. The summed E-state index contributed by atoms with van der Waals surface area (Å²) >= 11 is 1.62. The summed E-state index contributed by atoms with van der Waals surface area (Å²) in [5.41, 5.74) is 2.07. The lowest BCUT2D eigenvalue weighted by atomic mass is 10.2. The molecule has 0 bridgehead atoms. The summed E-state index contributed by atoms with van der Waals surface area (Å²) in [5, 5.41) is 2.82. The molecule has 1 aromatic carbocycles. The summed E-state index contributed by atoms with van der Waals surface area (Å²) in [7, 11) is 1.62. The van der Waals surface area contributed by atoms with E-state index in [4.69, 9.17) is 9.47 Å². The van der Waals surface area contributed by atoms with E-state index in [1.807, 2.05) is 37.3 Å². The molecule has 1 atom stereocenters. The number of carbonyl (C=O) groups is 1. The molecule has 1 N–H and O–H groups in total. The number of hydrogen-bond donors (Lipinski definition) is 1. The average molecular weight is 360 g/mol. The van der Waals surface area contributed by atoms with Gasteiger partial charge in [-0.25, -0.2) is 4.98 Å². The Morgan fingerprint density at radius 1 is 1.20 bits per heavy atom. The fourth-order valence-corrected chi connectivity index (χ4v) is 2.98. The maximum absolute atomic E-state index is 12.3. The molecule has 2 rings (SSSR count). The Labute approximate surface area is 153 Å². The second kappa shape index (κ2) is 10.7. The quantitative estimate of drug-likeness (QED) is 0.660. The van der Waals surface area contributed by atoms with Crippen molar-refractivity contribution >= 4 is 17.7 Å². The van der Waals surface area contributed by atoms with Crippen molar-refractivity contribution in [2.45, 2.75) is 24.5 Å². The molecule has 1 aromatic heterocycles. The van der Waals surface area contributed by atoms with Gasteiger partial charge in [0.05, 0.1) is 11.9 Å². The standard InChI is InChI=1S/C19H24N2O3S/c1-15(25-14-16-7-4-3-5-8-16)18(22)21-13-17-9-6-10-20-19(17)24-12-11-23-2/h3-10,15H,11-14H2,1-2H3,(H,21,22). The molecule has 0 radical (unpaired) electrons. The smallest absolute Gasteiger partial charge is 0.233 e. The van der Waals surface area contributed by atoms with Gasteiger partial charge in [-0.1, -0.05) is 36.4 Å². The van der Waals surface area contributed by atoms with Crippen molar-refractivity contribution in [1.82, 2.24) is 10.3 Å². The number of carbonyl (C=O) groups excluding carboxylic acids is 1. The van der Waals surface area contributed by atoms with Gasteiger partial charge in [0.1, 0.15) is 6.61 Å². The van der Waals surface area contributed by atoms with E-state index in [1.54, 1.807) is 25.1 Å². The normalized spacial score (nSPS) is 11.8. The Kier molecular flexibility index (Phi) is 8.28. The number of hydrogen-bond acceptors (Lipinski definition) is 5. The lowest BCUT2D eigenvalue weighted by Gasteiger charge is -2.14. The Morgan fingerprint density at radius 3 is 2.76 bits per heavy atom. The predicted octanol–water partition coefficient (Wildman–Crippen LogP) is 3.04. The van der Waals surface area contributed by atoms with Crippen LogP contribution in [0.15, 0.2) is 48.7 Å².